The quantitative estimate of drug-likeness (QED) is 0.159. The van der Waals surface area contributed by atoms with E-state index in [0.29, 0.717) is 78.9 Å². The fourth-order valence-electron chi connectivity index (χ4n) is 6.80. The van der Waals surface area contributed by atoms with E-state index in [-0.39, 0.29) is 23.3 Å². The Labute approximate surface area is 282 Å². The van der Waals surface area contributed by atoms with Gasteiger partial charge in [0.2, 0.25) is 5.91 Å². The predicted molar refractivity (Wildman–Crippen MR) is 178 cm³/mol. The number of hydrogen-bond donors (Lipinski definition) is 0. The Kier molecular flexibility index (Phi) is 9.27. The van der Waals surface area contributed by atoms with Crippen LogP contribution in [-0.4, -0.2) is 82.1 Å². The van der Waals surface area contributed by atoms with Gasteiger partial charge in [-0.05, 0) is 74.1 Å². The number of aromatic nitrogens is 2. The summed E-state index contributed by atoms with van der Waals surface area (Å²) in [6.45, 7) is 4.47. The van der Waals surface area contributed by atoms with Crippen LogP contribution < -0.4 is 9.47 Å². The summed E-state index contributed by atoms with van der Waals surface area (Å²) in [4.78, 5) is 46.7. The number of ether oxygens (including phenoxy) is 2. The second-order valence-corrected chi connectivity index (χ2v) is 13.6. The maximum atomic E-state index is 14.3. The molecule has 3 aliphatic rings. The molecule has 250 valence electrons. The van der Waals surface area contributed by atoms with E-state index in [2.05, 4.69) is 10.00 Å². The zero-order valence-electron chi connectivity index (χ0n) is 27.0. The average Bonchev–Trinajstić information content (AvgIpc) is 3.81. The van der Waals surface area contributed by atoms with Gasteiger partial charge in [-0.3, -0.25) is 14.5 Å². The highest BCUT2D eigenvalue weighted by molar-refractivity contribution is 7.14. The molecule has 0 radical (unpaired) electrons. The van der Waals surface area contributed by atoms with Crippen molar-refractivity contribution < 1.29 is 28.2 Å². The summed E-state index contributed by atoms with van der Waals surface area (Å²) < 4.78 is 27.1. The second kappa shape index (κ2) is 13.9. The lowest BCUT2D eigenvalue weighted by Gasteiger charge is -2.28. The number of carbonyl (C=O) groups is 3. The molecule has 0 spiro atoms. The number of carbonyl (C=O) groups excluding carboxylic acids is 3. The van der Waals surface area contributed by atoms with E-state index < -0.39 is 5.97 Å². The van der Waals surface area contributed by atoms with E-state index in [1.165, 1.54) is 17.4 Å². The van der Waals surface area contributed by atoms with Crippen molar-refractivity contribution in [1.82, 2.24) is 24.5 Å². The molecule has 0 aliphatic carbocycles. The van der Waals surface area contributed by atoms with Gasteiger partial charge in [0.25, 0.3) is 5.91 Å². The number of unbranched alkanes of at least 4 members (excludes halogenated alkanes) is 1. The van der Waals surface area contributed by atoms with Crippen LogP contribution in [0.2, 0.25) is 0 Å². The standard InChI is InChI=1S/C36H38FN5O5S/c1-46-27-12-10-26(11-13-27)42-34-28(14-20-41(35(34)44)17-5-4-16-40-18-6-9-31(40)43)33(38-42)36(45)47-32-21-25-23-39(19-15-30(25)48-32)22-24-7-2-3-8-29(24)37/h2-3,7-8,10-13,21H,4-6,9,14-20,22-23H2,1H3. The fourth-order valence-corrected chi connectivity index (χ4v) is 7.80. The molecule has 2 aromatic heterocycles. The Morgan fingerprint density at radius 2 is 1.75 bits per heavy atom. The minimum absolute atomic E-state index is 0.133. The third-order valence-electron chi connectivity index (χ3n) is 9.36. The monoisotopic (exact) mass is 671 g/mol. The number of thiophene rings is 1. The molecule has 7 rings (SSSR count). The van der Waals surface area contributed by atoms with Gasteiger partial charge in [0.15, 0.2) is 10.8 Å². The number of likely N-dealkylation sites (tertiary alicyclic amines) is 1. The number of halogens is 1. The van der Waals surface area contributed by atoms with E-state index >= 15 is 0 Å². The molecule has 48 heavy (non-hydrogen) atoms. The van der Waals surface area contributed by atoms with Gasteiger partial charge in [0.1, 0.15) is 17.3 Å². The van der Waals surface area contributed by atoms with Gasteiger partial charge < -0.3 is 19.3 Å². The van der Waals surface area contributed by atoms with Crippen molar-refractivity contribution in [2.24, 2.45) is 0 Å². The van der Waals surface area contributed by atoms with Crippen LogP contribution in [0.25, 0.3) is 5.69 Å². The molecule has 1 saturated heterocycles. The summed E-state index contributed by atoms with van der Waals surface area (Å²) in [6, 6.07) is 15.9. The zero-order valence-corrected chi connectivity index (χ0v) is 27.8. The minimum Gasteiger partial charge on any atom is -0.497 e. The van der Waals surface area contributed by atoms with E-state index in [0.717, 1.165) is 49.2 Å². The van der Waals surface area contributed by atoms with Crippen LogP contribution >= 0.6 is 11.3 Å². The number of benzene rings is 2. The zero-order chi connectivity index (χ0) is 33.2. The van der Waals surface area contributed by atoms with Crippen molar-refractivity contribution >= 4 is 29.1 Å². The van der Waals surface area contributed by atoms with Crippen molar-refractivity contribution in [2.45, 2.75) is 51.6 Å². The molecular weight excluding hydrogens is 633 g/mol. The van der Waals surface area contributed by atoms with Gasteiger partial charge in [0.05, 0.1) is 12.8 Å². The first-order valence-corrected chi connectivity index (χ1v) is 17.3. The number of rotatable bonds is 11. The summed E-state index contributed by atoms with van der Waals surface area (Å²) in [7, 11) is 1.59. The summed E-state index contributed by atoms with van der Waals surface area (Å²) in [5.74, 6) is -0.120. The smallest absolute Gasteiger partial charge is 0.365 e. The van der Waals surface area contributed by atoms with Gasteiger partial charge >= 0.3 is 5.97 Å². The number of nitrogens with zero attached hydrogens (tertiary/aromatic N) is 5. The maximum Gasteiger partial charge on any atom is 0.365 e. The highest BCUT2D eigenvalue weighted by atomic mass is 32.1. The first-order chi connectivity index (χ1) is 23.4. The van der Waals surface area contributed by atoms with E-state index in [1.807, 2.05) is 21.9 Å². The van der Waals surface area contributed by atoms with Gasteiger partial charge in [-0.1, -0.05) is 18.2 Å². The molecule has 2 aromatic carbocycles. The second-order valence-electron chi connectivity index (χ2n) is 12.5. The third-order valence-corrected chi connectivity index (χ3v) is 10.5. The molecular formula is C36H38FN5O5S. The van der Waals surface area contributed by atoms with Gasteiger partial charge in [-0.2, -0.15) is 5.10 Å². The van der Waals surface area contributed by atoms with E-state index in [1.54, 1.807) is 48.2 Å². The molecule has 1 fully saturated rings. The molecule has 0 bridgehead atoms. The van der Waals surface area contributed by atoms with Crippen LogP contribution in [0.1, 0.15) is 68.2 Å². The number of hydrogen-bond acceptors (Lipinski definition) is 8. The topological polar surface area (TPSA) is 97.2 Å². The minimum atomic E-state index is -0.600. The first-order valence-electron chi connectivity index (χ1n) is 16.5. The molecule has 10 nitrogen and oxygen atoms in total. The molecule has 12 heteroatoms. The molecule has 2 amide bonds. The highest BCUT2D eigenvalue weighted by Gasteiger charge is 2.35. The lowest BCUT2D eigenvalue weighted by atomic mass is 10.0. The van der Waals surface area contributed by atoms with Crippen molar-refractivity contribution in [3.05, 3.63) is 93.4 Å². The SMILES string of the molecule is COc1ccc(-n2nc(C(=O)Oc3cc4c(s3)CCN(Cc3ccccc3F)C4)c3c2C(=O)N(CCCCN2CCCC2=O)CC3)cc1. The Bertz CT molecular complexity index is 1840. The molecule has 0 N–H and O–H groups in total. The average molecular weight is 672 g/mol. The molecule has 0 atom stereocenters. The Balaban J connectivity index is 1.08. The van der Waals surface area contributed by atoms with Crippen LogP contribution in [0.4, 0.5) is 4.39 Å². The van der Waals surface area contributed by atoms with E-state index in [9.17, 15) is 18.8 Å². The predicted octanol–water partition coefficient (Wildman–Crippen LogP) is 5.26. The summed E-state index contributed by atoms with van der Waals surface area (Å²) in [5, 5.41) is 5.15. The number of fused-ring (bicyclic) bond motifs is 2. The van der Waals surface area contributed by atoms with Crippen molar-refractivity contribution in [3.63, 3.8) is 0 Å². The van der Waals surface area contributed by atoms with Crippen molar-refractivity contribution in [1.29, 1.82) is 0 Å². The Morgan fingerprint density at radius 3 is 2.50 bits per heavy atom. The molecule has 5 heterocycles. The first kappa shape index (κ1) is 32.0. The largest absolute Gasteiger partial charge is 0.497 e. The lowest BCUT2D eigenvalue weighted by Crippen LogP contribution is -2.39. The summed E-state index contributed by atoms with van der Waals surface area (Å²) in [5.41, 5.74) is 3.44. The summed E-state index contributed by atoms with van der Waals surface area (Å²) >= 11 is 1.44. The fraction of sp³-hybridized carbons (Fsp3) is 0.389. The third kappa shape index (κ3) is 6.59. The molecule has 4 aromatic rings. The Morgan fingerprint density at radius 1 is 0.958 bits per heavy atom. The normalized spacial score (nSPS) is 16.3. The van der Waals surface area contributed by atoms with Crippen LogP contribution in [0, 0.1) is 5.82 Å². The van der Waals surface area contributed by atoms with Crippen LogP contribution in [0.15, 0.2) is 54.6 Å². The van der Waals surface area contributed by atoms with Crippen LogP contribution in [0.5, 0.6) is 10.8 Å². The van der Waals surface area contributed by atoms with Gasteiger partial charge in [-0.15, -0.1) is 11.3 Å². The number of methoxy groups -OCH3 is 1. The van der Waals surface area contributed by atoms with Crippen LogP contribution in [0.3, 0.4) is 0 Å². The molecule has 3 aliphatic heterocycles. The van der Waals surface area contributed by atoms with Crippen molar-refractivity contribution in [3.8, 4) is 16.5 Å². The molecule has 0 unspecified atom stereocenters. The van der Waals surface area contributed by atoms with Gasteiger partial charge in [-0.25, -0.2) is 13.9 Å². The lowest BCUT2D eigenvalue weighted by molar-refractivity contribution is -0.127. The highest BCUT2D eigenvalue weighted by Crippen LogP contribution is 2.35. The van der Waals surface area contributed by atoms with E-state index in [4.69, 9.17) is 9.47 Å². The molecule has 0 saturated carbocycles. The Hall–Kier alpha value is -4.55. The van der Waals surface area contributed by atoms with Crippen LogP contribution in [-0.2, 0) is 30.7 Å². The van der Waals surface area contributed by atoms with Gasteiger partial charge in [0, 0.05) is 68.2 Å². The number of esters is 1. The number of amides is 2. The maximum absolute atomic E-state index is 14.3. The van der Waals surface area contributed by atoms with Crippen molar-refractivity contribution in [2.75, 3.05) is 39.8 Å². The summed E-state index contributed by atoms with van der Waals surface area (Å²) in [6.07, 6.45) is 4.39.